The predicted molar refractivity (Wildman–Crippen MR) is 175 cm³/mol. The number of aromatic amines is 1. The Morgan fingerprint density at radius 2 is 1.63 bits per heavy atom. The number of hydrogen-bond donors (Lipinski definition) is 1. The molecule has 0 saturated carbocycles. The number of H-pyrrole nitrogens is 1. The molecule has 9 heteroatoms. The zero-order valence-electron chi connectivity index (χ0n) is 25.9. The summed E-state index contributed by atoms with van der Waals surface area (Å²) in [4.78, 5) is 23.1. The van der Waals surface area contributed by atoms with E-state index in [1.54, 1.807) is 16.2 Å². The lowest BCUT2D eigenvalue weighted by atomic mass is 9.79. The highest BCUT2D eigenvalue weighted by Gasteiger charge is 2.51. The van der Waals surface area contributed by atoms with Gasteiger partial charge >= 0.3 is 13.2 Å². The molecule has 1 unspecified atom stereocenters. The number of imidazole rings is 1. The molecule has 43 heavy (non-hydrogen) atoms. The van der Waals surface area contributed by atoms with Gasteiger partial charge in [0.05, 0.1) is 28.3 Å². The lowest BCUT2D eigenvalue weighted by Crippen LogP contribution is -2.41. The molecule has 7 nitrogen and oxygen atoms in total. The third kappa shape index (κ3) is 5.01. The molecule has 7 rings (SSSR count). The summed E-state index contributed by atoms with van der Waals surface area (Å²) in [6, 6.07) is 19.4. The number of carbonyl (C=O) groups is 1. The molecule has 0 bridgehead atoms. The van der Waals surface area contributed by atoms with Crippen molar-refractivity contribution < 1.29 is 18.8 Å². The minimum Gasteiger partial charge on any atom is -0.444 e. The summed E-state index contributed by atoms with van der Waals surface area (Å²) in [5.74, 6) is 0.813. The molecule has 2 aromatic heterocycles. The molecular formula is C34H38BN3O4S. The van der Waals surface area contributed by atoms with Crippen LogP contribution in [-0.2, 0) is 14.0 Å². The van der Waals surface area contributed by atoms with Crippen LogP contribution in [0.5, 0.6) is 0 Å². The zero-order valence-corrected chi connectivity index (χ0v) is 26.7. The summed E-state index contributed by atoms with van der Waals surface area (Å²) in [6.45, 7) is 14.7. The van der Waals surface area contributed by atoms with E-state index in [-0.39, 0.29) is 30.5 Å². The van der Waals surface area contributed by atoms with E-state index in [2.05, 4.69) is 87.3 Å². The first-order chi connectivity index (χ1) is 20.3. The van der Waals surface area contributed by atoms with Crippen LogP contribution in [0.3, 0.4) is 0 Å². The first kappa shape index (κ1) is 28.4. The Morgan fingerprint density at radius 1 is 0.977 bits per heavy atom. The molecule has 0 spiro atoms. The Morgan fingerprint density at radius 3 is 2.35 bits per heavy atom. The third-order valence-corrected chi connectivity index (χ3v) is 10.2. The van der Waals surface area contributed by atoms with Crippen LogP contribution >= 0.6 is 11.3 Å². The molecular weight excluding hydrogens is 557 g/mol. The van der Waals surface area contributed by atoms with Crippen molar-refractivity contribution in [1.82, 2.24) is 14.9 Å². The number of ether oxygens (including phenoxy) is 1. The molecule has 2 saturated heterocycles. The standard InChI is InChI=1S/C34H38BN3O4S/c1-32(2,3)40-31(39)38-16-8-9-27(38)30-36-25-15-11-20(17-26(25)37-30)21-10-13-23-24-14-12-22(19-29(24)43-28(23)18-21)35-41-33(4,5)34(6,7)42-35/h10-15,17-19,27H,8-9,16H2,1-7H3,(H,36,37). The number of aromatic nitrogens is 2. The van der Waals surface area contributed by atoms with Crippen molar-refractivity contribution in [2.75, 3.05) is 6.54 Å². The van der Waals surface area contributed by atoms with E-state index in [0.29, 0.717) is 6.54 Å². The van der Waals surface area contributed by atoms with Crippen molar-refractivity contribution in [1.29, 1.82) is 0 Å². The number of rotatable bonds is 3. The second-order valence-electron chi connectivity index (χ2n) is 13.8. The van der Waals surface area contributed by atoms with Crippen LogP contribution in [-0.4, -0.2) is 51.4 Å². The van der Waals surface area contributed by atoms with Gasteiger partial charge in [-0.25, -0.2) is 9.78 Å². The van der Waals surface area contributed by atoms with Crippen molar-refractivity contribution >= 4 is 61.2 Å². The second kappa shape index (κ2) is 9.81. The van der Waals surface area contributed by atoms with Crippen LogP contribution in [0.25, 0.3) is 42.3 Å². The molecule has 5 aromatic rings. The number of thiophene rings is 1. The maximum absolute atomic E-state index is 12.9. The van der Waals surface area contributed by atoms with Crippen LogP contribution in [0.2, 0.25) is 0 Å². The lowest BCUT2D eigenvalue weighted by Gasteiger charge is -2.32. The topological polar surface area (TPSA) is 76.7 Å². The molecule has 1 atom stereocenters. The van der Waals surface area contributed by atoms with Crippen LogP contribution < -0.4 is 5.46 Å². The quantitative estimate of drug-likeness (QED) is 0.214. The molecule has 1 N–H and O–H groups in total. The van der Waals surface area contributed by atoms with Crippen LogP contribution in [0, 0.1) is 0 Å². The number of benzene rings is 3. The molecule has 222 valence electrons. The van der Waals surface area contributed by atoms with E-state index in [1.165, 1.54) is 20.2 Å². The van der Waals surface area contributed by atoms with Crippen molar-refractivity contribution in [3.8, 4) is 11.1 Å². The number of likely N-dealkylation sites (tertiary alicyclic amines) is 1. The smallest absolute Gasteiger partial charge is 0.444 e. The number of carbonyl (C=O) groups excluding carboxylic acids is 1. The summed E-state index contributed by atoms with van der Waals surface area (Å²) >= 11 is 1.79. The summed E-state index contributed by atoms with van der Waals surface area (Å²) in [5.41, 5.74) is 3.92. The van der Waals surface area contributed by atoms with Crippen LogP contribution in [0.15, 0.2) is 54.6 Å². The van der Waals surface area contributed by atoms with E-state index < -0.39 is 5.60 Å². The van der Waals surface area contributed by atoms with Gasteiger partial charge in [-0.15, -0.1) is 11.3 Å². The lowest BCUT2D eigenvalue weighted by molar-refractivity contribution is 0.00578. The maximum Gasteiger partial charge on any atom is 0.494 e. The van der Waals surface area contributed by atoms with Crippen molar-refractivity contribution in [2.24, 2.45) is 0 Å². The number of amides is 1. The molecule has 4 heterocycles. The molecule has 0 aliphatic carbocycles. The SMILES string of the molecule is CC(C)(C)OC(=O)N1CCCC1c1nc2ccc(-c3ccc4c(c3)sc3cc(B5OC(C)(C)C(C)(C)O5)ccc34)cc2[nH]1. The van der Waals surface area contributed by atoms with Crippen LogP contribution in [0.4, 0.5) is 4.79 Å². The maximum atomic E-state index is 12.9. The summed E-state index contributed by atoms with van der Waals surface area (Å²) in [5, 5.41) is 2.49. The molecule has 0 radical (unpaired) electrons. The molecule has 2 fully saturated rings. The Kier molecular flexibility index (Phi) is 6.47. The first-order valence-corrected chi connectivity index (χ1v) is 15.9. The van der Waals surface area contributed by atoms with Crippen molar-refractivity contribution in [3.63, 3.8) is 0 Å². The highest BCUT2D eigenvalue weighted by molar-refractivity contribution is 7.26. The van der Waals surface area contributed by atoms with E-state index in [9.17, 15) is 4.79 Å². The van der Waals surface area contributed by atoms with Gasteiger partial charge in [0.1, 0.15) is 11.4 Å². The minimum atomic E-state index is -0.530. The Balaban J connectivity index is 1.17. The highest BCUT2D eigenvalue weighted by atomic mass is 32.1. The number of hydrogen-bond acceptors (Lipinski definition) is 6. The largest absolute Gasteiger partial charge is 0.494 e. The van der Waals surface area contributed by atoms with Gasteiger partial charge < -0.3 is 19.0 Å². The Hall–Kier alpha value is -3.40. The third-order valence-electron chi connectivity index (χ3n) is 9.05. The number of fused-ring (bicyclic) bond motifs is 4. The Labute approximate surface area is 256 Å². The van der Waals surface area contributed by atoms with Gasteiger partial charge in [-0.3, -0.25) is 4.90 Å². The second-order valence-corrected chi connectivity index (χ2v) is 14.9. The van der Waals surface area contributed by atoms with E-state index in [0.717, 1.165) is 46.3 Å². The predicted octanol–water partition coefficient (Wildman–Crippen LogP) is 7.97. The summed E-state index contributed by atoms with van der Waals surface area (Å²) < 4.78 is 20.7. The normalized spacial score (nSPS) is 20.1. The Bertz CT molecular complexity index is 1870. The number of nitrogens with one attached hydrogen (secondary N) is 1. The monoisotopic (exact) mass is 595 g/mol. The fourth-order valence-electron chi connectivity index (χ4n) is 6.06. The first-order valence-electron chi connectivity index (χ1n) is 15.1. The van der Waals surface area contributed by atoms with E-state index in [1.807, 2.05) is 20.8 Å². The van der Waals surface area contributed by atoms with Gasteiger partial charge in [-0.1, -0.05) is 30.3 Å². The fraction of sp³-hybridized carbons (Fsp3) is 0.412. The number of nitrogens with zero attached hydrogens (tertiary/aromatic N) is 2. The van der Waals surface area contributed by atoms with E-state index >= 15 is 0 Å². The van der Waals surface area contributed by atoms with Crippen LogP contribution in [0.1, 0.15) is 73.2 Å². The van der Waals surface area contributed by atoms with Gasteiger partial charge in [0.25, 0.3) is 0 Å². The average Bonchev–Trinajstić information content (AvgIpc) is 3.69. The van der Waals surface area contributed by atoms with E-state index in [4.69, 9.17) is 19.0 Å². The summed E-state index contributed by atoms with van der Waals surface area (Å²) in [6.07, 6.45) is 1.51. The van der Waals surface area contributed by atoms with Gasteiger partial charge in [-0.2, -0.15) is 0 Å². The summed E-state index contributed by atoms with van der Waals surface area (Å²) in [7, 11) is -0.373. The van der Waals surface area contributed by atoms with Gasteiger partial charge in [0, 0.05) is 26.7 Å². The highest BCUT2D eigenvalue weighted by Crippen LogP contribution is 2.39. The van der Waals surface area contributed by atoms with Crippen molar-refractivity contribution in [2.45, 2.75) is 84.2 Å². The fourth-order valence-corrected chi connectivity index (χ4v) is 7.25. The molecule has 1 amide bonds. The molecule has 3 aromatic carbocycles. The molecule has 2 aliphatic rings. The van der Waals surface area contributed by atoms with Gasteiger partial charge in [0.15, 0.2) is 0 Å². The van der Waals surface area contributed by atoms with Crippen molar-refractivity contribution in [3.05, 3.63) is 60.4 Å². The zero-order chi connectivity index (χ0) is 30.3. The minimum absolute atomic E-state index is 0.109. The molecule has 2 aliphatic heterocycles. The average molecular weight is 596 g/mol. The van der Waals surface area contributed by atoms with Gasteiger partial charge in [-0.05, 0) is 102 Å². The van der Waals surface area contributed by atoms with Gasteiger partial charge in [0.2, 0.25) is 0 Å².